The first-order chi connectivity index (χ1) is 4.75. The zero-order valence-electron chi connectivity index (χ0n) is 5.37. The Balaban J connectivity index is 2.92. The van der Waals surface area contributed by atoms with Crippen LogP contribution in [0.4, 0.5) is 0 Å². The molecular weight excluding hydrogens is 214 g/mol. The maximum atomic E-state index is 10.3. The van der Waals surface area contributed by atoms with Crippen molar-refractivity contribution < 1.29 is 4.79 Å². The molecule has 0 unspecified atom stereocenters. The largest absolute Gasteiger partial charge is 0.303 e. The average Bonchev–Trinajstić information content (AvgIpc) is 2.34. The summed E-state index contributed by atoms with van der Waals surface area (Å²) in [6, 6.07) is 0. The van der Waals surface area contributed by atoms with E-state index in [0.717, 1.165) is 16.5 Å². The first-order valence-corrected chi connectivity index (χ1v) is 4.43. The molecule has 0 radical (unpaired) electrons. The van der Waals surface area contributed by atoms with Crippen LogP contribution in [0.3, 0.4) is 0 Å². The van der Waals surface area contributed by atoms with Crippen LogP contribution in [0.2, 0.25) is 0 Å². The molecule has 0 aliphatic carbocycles. The summed E-state index contributed by atoms with van der Waals surface area (Å²) in [7, 11) is 0. The van der Waals surface area contributed by atoms with Crippen molar-refractivity contribution in [2.45, 2.75) is 12.8 Å². The van der Waals surface area contributed by atoms with Crippen LogP contribution in [0.25, 0.3) is 0 Å². The lowest BCUT2D eigenvalue weighted by Crippen LogP contribution is -1.92. The Bertz CT molecular complexity index is 235. The van der Waals surface area contributed by atoms with Crippen molar-refractivity contribution in [1.82, 2.24) is 4.37 Å². The standard InChI is InChI=1S/C6H6BrNOS/c1-4(2-9)5-3-10-8-6(5)7/h2-4H,1H3/t4-/m1/s1. The molecule has 1 aromatic heterocycles. The van der Waals surface area contributed by atoms with Crippen molar-refractivity contribution in [3.8, 4) is 0 Å². The van der Waals surface area contributed by atoms with E-state index in [1.54, 1.807) is 0 Å². The Morgan fingerprint density at radius 3 is 3.00 bits per heavy atom. The van der Waals surface area contributed by atoms with E-state index in [2.05, 4.69) is 20.3 Å². The molecule has 1 atom stereocenters. The molecule has 54 valence electrons. The minimum absolute atomic E-state index is 0.0480. The fourth-order valence-electron chi connectivity index (χ4n) is 0.599. The van der Waals surface area contributed by atoms with Crippen molar-refractivity contribution in [3.63, 3.8) is 0 Å². The summed E-state index contributed by atoms with van der Waals surface area (Å²) < 4.78 is 4.77. The summed E-state index contributed by atoms with van der Waals surface area (Å²) in [4.78, 5) is 10.3. The minimum atomic E-state index is -0.0480. The highest BCUT2D eigenvalue weighted by molar-refractivity contribution is 9.10. The van der Waals surface area contributed by atoms with Gasteiger partial charge in [0.05, 0.1) is 0 Å². The third-order valence-corrected chi connectivity index (χ3v) is 2.76. The van der Waals surface area contributed by atoms with E-state index in [4.69, 9.17) is 0 Å². The summed E-state index contributed by atoms with van der Waals surface area (Å²) in [5.41, 5.74) is 0.972. The van der Waals surface area contributed by atoms with Crippen LogP contribution in [0.15, 0.2) is 9.98 Å². The van der Waals surface area contributed by atoms with Crippen molar-refractivity contribution in [2.24, 2.45) is 0 Å². The normalized spacial score (nSPS) is 13.0. The van der Waals surface area contributed by atoms with E-state index in [1.165, 1.54) is 11.5 Å². The van der Waals surface area contributed by atoms with E-state index in [9.17, 15) is 4.79 Å². The van der Waals surface area contributed by atoms with Gasteiger partial charge in [0.25, 0.3) is 0 Å². The van der Waals surface area contributed by atoms with Crippen molar-refractivity contribution in [3.05, 3.63) is 15.5 Å². The molecule has 10 heavy (non-hydrogen) atoms. The maximum absolute atomic E-state index is 10.3. The number of nitrogens with zero attached hydrogens (tertiary/aromatic N) is 1. The smallest absolute Gasteiger partial charge is 0.127 e. The highest BCUT2D eigenvalue weighted by Crippen LogP contribution is 2.23. The van der Waals surface area contributed by atoms with Gasteiger partial charge >= 0.3 is 0 Å². The maximum Gasteiger partial charge on any atom is 0.127 e. The van der Waals surface area contributed by atoms with Gasteiger partial charge in [-0.3, -0.25) is 0 Å². The fourth-order valence-corrected chi connectivity index (χ4v) is 2.17. The number of aldehydes is 1. The Morgan fingerprint density at radius 2 is 2.60 bits per heavy atom. The molecule has 2 nitrogen and oxygen atoms in total. The average molecular weight is 220 g/mol. The molecule has 0 saturated heterocycles. The third-order valence-electron chi connectivity index (χ3n) is 1.25. The van der Waals surface area contributed by atoms with Crippen LogP contribution in [0, 0.1) is 0 Å². The van der Waals surface area contributed by atoms with E-state index in [-0.39, 0.29) is 5.92 Å². The zero-order valence-corrected chi connectivity index (χ0v) is 7.78. The number of halogens is 1. The molecular formula is C6H6BrNOS. The molecule has 0 amide bonds. The molecule has 1 heterocycles. The van der Waals surface area contributed by atoms with E-state index in [0.29, 0.717) is 0 Å². The monoisotopic (exact) mass is 219 g/mol. The lowest BCUT2D eigenvalue weighted by molar-refractivity contribution is -0.108. The topological polar surface area (TPSA) is 30.0 Å². The highest BCUT2D eigenvalue weighted by Gasteiger charge is 2.09. The van der Waals surface area contributed by atoms with Crippen molar-refractivity contribution in [1.29, 1.82) is 0 Å². The van der Waals surface area contributed by atoms with E-state index < -0.39 is 0 Å². The molecule has 0 N–H and O–H groups in total. The van der Waals surface area contributed by atoms with Gasteiger partial charge in [-0.25, -0.2) is 0 Å². The lowest BCUT2D eigenvalue weighted by atomic mass is 10.1. The molecule has 0 fully saturated rings. The zero-order chi connectivity index (χ0) is 7.56. The van der Waals surface area contributed by atoms with Gasteiger partial charge in [0.2, 0.25) is 0 Å². The Hall–Kier alpha value is -0.220. The Morgan fingerprint density at radius 1 is 1.90 bits per heavy atom. The van der Waals surface area contributed by atoms with Crippen LogP contribution in [0.1, 0.15) is 18.4 Å². The number of aromatic nitrogens is 1. The van der Waals surface area contributed by atoms with Crippen LogP contribution < -0.4 is 0 Å². The van der Waals surface area contributed by atoms with Crippen LogP contribution in [-0.2, 0) is 4.79 Å². The first kappa shape index (κ1) is 7.88. The summed E-state index contributed by atoms with van der Waals surface area (Å²) in [6.07, 6.45) is 0.911. The molecule has 0 saturated carbocycles. The molecule has 4 heteroatoms. The van der Waals surface area contributed by atoms with Crippen molar-refractivity contribution in [2.75, 3.05) is 0 Å². The molecule has 0 aromatic carbocycles. The summed E-state index contributed by atoms with van der Waals surface area (Å²) in [6.45, 7) is 1.85. The Labute approximate surface area is 71.6 Å². The number of hydrogen-bond donors (Lipinski definition) is 0. The summed E-state index contributed by atoms with van der Waals surface area (Å²) >= 11 is 4.60. The third kappa shape index (κ3) is 1.44. The van der Waals surface area contributed by atoms with Gasteiger partial charge in [-0.2, -0.15) is 4.37 Å². The number of rotatable bonds is 2. The van der Waals surface area contributed by atoms with Gasteiger partial charge in [-0.15, -0.1) is 0 Å². The predicted octanol–water partition coefficient (Wildman–Crippen LogP) is 2.21. The molecule has 0 spiro atoms. The van der Waals surface area contributed by atoms with Crippen LogP contribution in [-0.4, -0.2) is 10.7 Å². The second kappa shape index (κ2) is 3.25. The number of hydrogen-bond acceptors (Lipinski definition) is 3. The molecule has 1 aromatic rings. The Kier molecular flexibility index (Phi) is 2.56. The van der Waals surface area contributed by atoms with E-state index >= 15 is 0 Å². The van der Waals surface area contributed by atoms with Gasteiger partial charge < -0.3 is 4.79 Å². The molecule has 0 aliphatic rings. The minimum Gasteiger partial charge on any atom is -0.303 e. The van der Waals surface area contributed by atoms with Gasteiger partial charge in [0.1, 0.15) is 10.9 Å². The first-order valence-electron chi connectivity index (χ1n) is 2.80. The summed E-state index contributed by atoms with van der Waals surface area (Å²) in [5.74, 6) is -0.0480. The highest BCUT2D eigenvalue weighted by atomic mass is 79.9. The number of carbonyl (C=O) groups is 1. The molecule has 0 aliphatic heterocycles. The molecule has 1 rings (SSSR count). The lowest BCUT2D eigenvalue weighted by Gasteiger charge is -1.97. The fraction of sp³-hybridized carbons (Fsp3) is 0.333. The van der Waals surface area contributed by atoms with Gasteiger partial charge in [-0.05, 0) is 27.5 Å². The quantitative estimate of drug-likeness (QED) is 0.715. The number of carbonyl (C=O) groups excluding carboxylic acids is 1. The SMILES string of the molecule is C[C@H](C=O)c1csnc1Br. The molecule has 0 bridgehead atoms. The predicted molar refractivity (Wildman–Crippen MR) is 44.3 cm³/mol. The van der Waals surface area contributed by atoms with Crippen molar-refractivity contribution >= 4 is 33.7 Å². The van der Waals surface area contributed by atoms with Gasteiger partial charge in [0, 0.05) is 16.9 Å². The van der Waals surface area contributed by atoms with Gasteiger partial charge in [0.15, 0.2) is 0 Å². The second-order valence-corrected chi connectivity index (χ2v) is 3.37. The van der Waals surface area contributed by atoms with Crippen LogP contribution >= 0.6 is 27.5 Å². The summed E-state index contributed by atoms with van der Waals surface area (Å²) in [5, 5.41) is 1.88. The van der Waals surface area contributed by atoms with Crippen LogP contribution in [0.5, 0.6) is 0 Å². The second-order valence-electron chi connectivity index (χ2n) is 1.99. The van der Waals surface area contributed by atoms with E-state index in [1.807, 2.05) is 12.3 Å². The van der Waals surface area contributed by atoms with Gasteiger partial charge in [-0.1, -0.05) is 6.92 Å².